The molecule has 1 aromatic heterocycles. The first-order valence-corrected chi connectivity index (χ1v) is 4.10. The number of ether oxygens (including phenoxy) is 1. The zero-order valence-corrected chi connectivity index (χ0v) is 7.93. The molecule has 0 aliphatic carbocycles. The Labute approximate surface area is 82.4 Å². The highest BCUT2D eigenvalue weighted by molar-refractivity contribution is 5.89. The van der Waals surface area contributed by atoms with E-state index < -0.39 is 5.97 Å². The van der Waals surface area contributed by atoms with Crippen molar-refractivity contribution in [1.29, 1.82) is 0 Å². The minimum atomic E-state index is -0.421. The number of pyridine rings is 1. The fourth-order valence-electron chi connectivity index (χ4n) is 1.01. The maximum Gasteiger partial charge on any atom is 0.339 e. The molecule has 0 amide bonds. The van der Waals surface area contributed by atoms with E-state index in [-0.39, 0.29) is 6.04 Å². The lowest BCUT2D eigenvalue weighted by molar-refractivity contribution is 0.0600. The number of carbonyl (C=O) groups excluding carboxylic acids is 1. The number of esters is 1. The monoisotopic (exact) mass is 192 g/mol. The van der Waals surface area contributed by atoms with Crippen LogP contribution in [-0.4, -0.2) is 18.1 Å². The molecule has 0 aromatic carbocycles. The van der Waals surface area contributed by atoms with Gasteiger partial charge in [-0.25, -0.2) is 4.79 Å². The van der Waals surface area contributed by atoms with E-state index in [1.165, 1.54) is 13.3 Å². The summed E-state index contributed by atoms with van der Waals surface area (Å²) in [4.78, 5) is 15.0. The Bertz CT molecular complexity index is 350. The summed E-state index contributed by atoms with van der Waals surface area (Å²) in [6.45, 7) is 3.56. The number of nitrogens with two attached hydrogens (primary N) is 1. The molecule has 1 aromatic rings. The van der Waals surface area contributed by atoms with Crippen molar-refractivity contribution in [2.75, 3.05) is 7.11 Å². The van der Waals surface area contributed by atoms with E-state index in [0.717, 1.165) is 5.56 Å². The number of methoxy groups -OCH3 is 1. The molecule has 1 rings (SSSR count). The number of hydrogen-bond acceptors (Lipinski definition) is 4. The molecule has 0 bridgehead atoms. The van der Waals surface area contributed by atoms with Crippen LogP contribution in [0.1, 0.15) is 22.0 Å². The maximum atomic E-state index is 11.1. The average molecular weight is 192 g/mol. The number of nitrogens with zero attached hydrogens (tertiary/aromatic N) is 1. The summed E-state index contributed by atoms with van der Waals surface area (Å²) in [5.41, 5.74) is 6.82. The van der Waals surface area contributed by atoms with Crippen LogP contribution in [0.15, 0.2) is 31.1 Å². The van der Waals surface area contributed by atoms with Crippen LogP contribution in [0.25, 0.3) is 0 Å². The normalized spacial score (nSPS) is 11.9. The molecule has 4 heteroatoms. The average Bonchev–Trinajstić information content (AvgIpc) is 2.27. The van der Waals surface area contributed by atoms with E-state index in [1.807, 2.05) is 0 Å². The van der Waals surface area contributed by atoms with Crippen LogP contribution in [0.5, 0.6) is 0 Å². The summed E-state index contributed by atoms with van der Waals surface area (Å²) < 4.78 is 4.56. The number of rotatable bonds is 3. The third-order valence-corrected chi connectivity index (χ3v) is 1.82. The van der Waals surface area contributed by atoms with Crippen LogP contribution < -0.4 is 5.73 Å². The lowest BCUT2D eigenvalue weighted by atomic mass is 10.1. The van der Waals surface area contributed by atoms with Crippen LogP contribution in [0.4, 0.5) is 0 Å². The topological polar surface area (TPSA) is 65.2 Å². The summed E-state index contributed by atoms with van der Waals surface area (Å²) in [7, 11) is 1.32. The van der Waals surface area contributed by atoms with Gasteiger partial charge in [-0.1, -0.05) is 6.08 Å². The smallest absolute Gasteiger partial charge is 0.339 e. The SMILES string of the molecule is C=CC(N)c1cncc(C(=O)OC)c1. The van der Waals surface area contributed by atoms with Gasteiger partial charge in [0.2, 0.25) is 0 Å². The van der Waals surface area contributed by atoms with Crippen LogP contribution in [0.2, 0.25) is 0 Å². The summed E-state index contributed by atoms with van der Waals surface area (Å²) in [5.74, 6) is -0.421. The quantitative estimate of drug-likeness (QED) is 0.574. The van der Waals surface area contributed by atoms with Crippen molar-refractivity contribution in [2.24, 2.45) is 5.73 Å². The highest BCUT2D eigenvalue weighted by Crippen LogP contribution is 2.11. The molecule has 0 aliphatic rings. The standard InChI is InChI=1S/C10H12N2O2/c1-3-9(11)7-4-8(6-12-5-7)10(13)14-2/h3-6,9H,1,11H2,2H3. The van der Waals surface area contributed by atoms with Crippen molar-refractivity contribution in [3.8, 4) is 0 Å². The minimum Gasteiger partial charge on any atom is -0.465 e. The van der Waals surface area contributed by atoms with Gasteiger partial charge in [0.25, 0.3) is 0 Å². The van der Waals surface area contributed by atoms with Gasteiger partial charge in [-0.15, -0.1) is 6.58 Å². The highest BCUT2D eigenvalue weighted by Gasteiger charge is 2.08. The summed E-state index contributed by atoms with van der Waals surface area (Å²) in [5, 5.41) is 0. The Morgan fingerprint density at radius 2 is 2.43 bits per heavy atom. The maximum absolute atomic E-state index is 11.1. The molecular weight excluding hydrogens is 180 g/mol. The van der Waals surface area contributed by atoms with Crippen molar-refractivity contribution in [1.82, 2.24) is 4.98 Å². The molecule has 74 valence electrons. The van der Waals surface area contributed by atoms with E-state index in [1.54, 1.807) is 18.3 Å². The summed E-state index contributed by atoms with van der Waals surface area (Å²) in [6, 6.07) is 1.33. The Morgan fingerprint density at radius 1 is 1.71 bits per heavy atom. The molecule has 0 aliphatic heterocycles. The lowest BCUT2D eigenvalue weighted by Gasteiger charge is -2.06. The molecular formula is C10H12N2O2. The van der Waals surface area contributed by atoms with Crippen LogP contribution in [0, 0.1) is 0 Å². The van der Waals surface area contributed by atoms with Crippen molar-refractivity contribution >= 4 is 5.97 Å². The van der Waals surface area contributed by atoms with Crippen molar-refractivity contribution < 1.29 is 9.53 Å². The van der Waals surface area contributed by atoms with Crippen LogP contribution in [0.3, 0.4) is 0 Å². The third-order valence-electron chi connectivity index (χ3n) is 1.82. The number of aromatic nitrogens is 1. The molecule has 4 nitrogen and oxygen atoms in total. The van der Waals surface area contributed by atoms with Gasteiger partial charge in [0.1, 0.15) is 0 Å². The second-order valence-electron chi connectivity index (χ2n) is 2.76. The fourth-order valence-corrected chi connectivity index (χ4v) is 1.01. The first-order chi connectivity index (χ1) is 6.69. The van der Waals surface area contributed by atoms with E-state index in [0.29, 0.717) is 5.56 Å². The first-order valence-electron chi connectivity index (χ1n) is 4.10. The summed E-state index contributed by atoms with van der Waals surface area (Å²) in [6.07, 6.45) is 4.61. The largest absolute Gasteiger partial charge is 0.465 e. The van der Waals surface area contributed by atoms with Crippen molar-refractivity contribution in [2.45, 2.75) is 6.04 Å². The zero-order chi connectivity index (χ0) is 10.6. The summed E-state index contributed by atoms with van der Waals surface area (Å²) >= 11 is 0. The molecule has 0 fully saturated rings. The molecule has 14 heavy (non-hydrogen) atoms. The lowest BCUT2D eigenvalue weighted by Crippen LogP contribution is -2.09. The van der Waals surface area contributed by atoms with Gasteiger partial charge in [-0.2, -0.15) is 0 Å². The Balaban J connectivity index is 3.00. The van der Waals surface area contributed by atoms with E-state index >= 15 is 0 Å². The Morgan fingerprint density at radius 3 is 3.00 bits per heavy atom. The van der Waals surface area contributed by atoms with Crippen LogP contribution in [-0.2, 0) is 4.74 Å². The van der Waals surface area contributed by atoms with Gasteiger partial charge in [-0.05, 0) is 11.6 Å². The predicted octanol–water partition coefficient (Wildman–Crippen LogP) is 1.05. The Hall–Kier alpha value is -1.68. The van der Waals surface area contributed by atoms with E-state index in [4.69, 9.17) is 5.73 Å². The number of hydrogen-bond donors (Lipinski definition) is 1. The van der Waals surface area contributed by atoms with E-state index in [2.05, 4.69) is 16.3 Å². The molecule has 0 saturated heterocycles. The zero-order valence-electron chi connectivity index (χ0n) is 7.93. The van der Waals surface area contributed by atoms with Gasteiger partial charge in [0.05, 0.1) is 12.7 Å². The molecule has 0 radical (unpaired) electrons. The van der Waals surface area contributed by atoms with Crippen molar-refractivity contribution in [3.63, 3.8) is 0 Å². The fraction of sp³-hybridized carbons (Fsp3) is 0.200. The molecule has 0 saturated carbocycles. The second-order valence-corrected chi connectivity index (χ2v) is 2.76. The number of carbonyl (C=O) groups is 1. The molecule has 1 heterocycles. The first kappa shape index (κ1) is 10.4. The molecule has 0 spiro atoms. The van der Waals surface area contributed by atoms with Gasteiger partial charge in [0.15, 0.2) is 0 Å². The molecule has 1 atom stereocenters. The van der Waals surface area contributed by atoms with Gasteiger partial charge >= 0.3 is 5.97 Å². The van der Waals surface area contributed by atoms with Crippen LogP contribution >= 0.6 is 0 Å². The van der Waals surface area contributed by atoms with Gasteiger partial charge < -0.3 is 10.5 Å². The second kappa shape index (κ2) is 4.53. The highest BCUT2D eigenvalue weighted by atomic mass is 16.5. The third kappa shape index (κ3) is 2.17. The Kier molecular flexibility index (Phi) is 3.36. The van der Waals surface area contributed by atoms with Gasteiger partial charge in [0, 0.05) is 18.4 Å². The molecule has 2 N–H and O–H groups in total. The van der Waals surface area contributed by atoms with Gasteiger partial charge in [-0.3, -0.25) is 4.98 Å². The van der Waals surface area contributed by atoms with Crippen molar-refractivity contribution in [3.05, 3.63) is 42.2 Å². The minimum absolute atomic E-state index is 0.313. The van der Waals surface area contributed by atoms with E-state index in [9.17, 15) is 4.79 Å². The molecule has 1 unspecified atom stereocenters. The predicted molar refractivity (Wildman–Crippen MR) is 52.7 cm³/mol.